The molecule has 0 spiro atoms. The van der Waals surface area contributed by atoms with Crippen LogP contribution in [0.1, 0.15) is 34.1 Å². The van der Waals surface area contributed by atoms with Crippen molar-refractivity contribution < 1.29 is 14.7 Å². The highest BCUT2D eigenvalue weighted by molar-refractivity contribution is 5.85. The maximum atomic E-state index is 12.3. The molecule has 0 aliphatic carbocycles. The Labute approximate surface area is 150 Å². The fourth-order valence-electron chi connectivity index (χ4n) is 2.96. The number of carbonyl (C=O) groups is 1. The predicted molar refractivity (Wildman–Crippen MR) is 99.3 cm³/mol. The summed E-state index contributed by atoms with van der Waals surface area (Å²) >= 11 is 0. The topological polar surface area (TPSA) is 61.8 Å². The second-order valence-electron chi connectivity index (χ2n) is 7.56. The summed E-state index contributed by atoms with van der Waals surface area (Å²) in [6.07, 6.45) is 12.6. The van der Waals surface area contributed by atoms with Gasteiger partial charge in [-0.3, -0.25) is 4.79 Å². The molecular formula is C20H30N2O3. The maximum Gasteiger partial charge on any atom is 0.246 e. The van der Waals surface area contributed by atoms with E-state index in [1.54, 1.807) is 25.8 Å². The third-order valence-corrected chi connectivity index (χ3v) is 4.46. The van der Waals surface area contributed by atoms with Crippen molar-refractivity contribution in [2.45, 2.75) is 45.8 Å². The first kappa shape index (κ1) is 19.6. The van der Waals surface area contributed by atoms with E-state index < -0.39 is 5.60 Å². The van der Waals surface area contributed by atoms with Crippen LogP contribution in [0.3, 0.4) is 0 Å². The average molecular weight is 346 g/mol. The summed E-state index contributed by atoms with van der Waals surface area (Å²) in [4.78, 5) is 19.1. The second-order valence-corrected chi connectivity index (χ2v) is 7.56. The molecule has 5 nitrogen and oxygen atoms in total. The Balaban J connectivity index is 2.27. The average Bonchev–Trinajstić information content (AvgIpc) is 2.53. The lowest BCUT2D eigenvalue weighted by Gasteiger charge is -2.37. The monoisotopic (exact) mass is 346 g/mol. The van der Waals surface area contributed by atoms with Crippen molar-refractivity contribution in [3.8, 4) is 0 Å². The molecule has 138 valence electrons. The molecule has 1 amide bonds. The highest BCUT2D eigenvalue weighted by Crippen LogP contribution is 2.30. The highest BCUT2D eigenvalue weighted by Gasteiger charge is 2.38. The maximum absolute atomic E-state index is 12.3. The summed E-state index contributed by atoms with van der Waals surface area (Å²) in [6, 6.07) is -0.348. The number of amides is 1. The minimum absolute atomic E-state index is 0.0139. The molecule has 0 aromatic heterocycles. The number of hydroxylamine groups is 1. The van der Waals surface area contributed by atoms with Gasteiger partial charge in [0.05, 0.1) is 12.2 Å². The molecular weight excluding hydrogens is 316 g/mol. The fourth-order valence-corrected chi connectivity index (χ4v) is 2.96. The minimum Gasteiger partial charge on any atom is -0.386 e. The molecule has 2 aliphatic rings. The van der Waals surface area contributed by atoms with Gasteiger partial charge in [-0.05, 0) is 37.3 Å². The summed E-state index contributed by atoms with van der Waals surface area (Å²) in [5.41, 5.74) is 3.79. The number of hydrogen-bond acceptors (Lipinski definition) is 4. The number of fused-ring (bicyclic) bond motifs is 1. The molecule has 2 unspecified atom stereocenters. The van der Waals surface area contributed by atoms with Gasteiger partial charge >= 0.3 is 0 Å². The Morgan fingerprint density at radius 2 is 2.20 bits per heavy atom. The summed E-state index contributed by atoms with van der Waals surface area (Å²) in [5.74, 6) is 0.556. The Hall–Kier alpha value is -1.69. The van der Waals surface area contributed by atoms with Gasteiger partial charge in [0.2, 0.25) is 5.91 Å². The van der Waals surface area contributed by atoms with Gasteiger partial charge in [0, 0.05) is 19.2 Å². The molecule has 1 fully saturated rings. The predicted octanol–water partition coefficient (Wildman–Crippen LogP) is 2.72. The van der Waals surface area contributed by atoms with Crippen LogP contribution in [-0.2, 0) is 9.63 Å². The van der Waals surface area contributed by atoms with E-state index >= 15 is 0 Å². The molecule has 0 aromatic rings. The van der Waals surface area contributed by atoms with Crippen molar-refractivity contribution in [2.75, 3.05) is 13.7 Å². The number of carbonyl (C=O) groups excluding carboxylic acids is 1. The molecule has 0 radical (unpaired) electrons. The largest absolute Gasteiger partial charge is 0.386 e. The van der Waals surface area contributed by atoms with Gasteiger partial charge in [-0.25, -0.2) is 0 Å². The molecule has 25 heavy (non-hydrogen) atoms. The molecule has 0 aromatic carbocycles. The summed E-state index contributed by atoms with van der Waals surface area (Å²) in [6.45, 7) is 8.35. The molecule has 1 saturated heterocycles. The molecule has 2 N–H and O–H groups in total. The number of nitrogens with zero attached hydrogens (tertiary/aromatic N) is 1. The lowest BCUT2D eigenvalue weighted by atomic mass is 9.84. The Morgan fingerprint density at radius 3 is 2.84 bits per heavy atom. The Bertz CT molecular complexity index is 609. The number of allylic oxidation sites excluding steroid dienone is 4. The first-order chi connectivity index (χ1) is 11.7. The van der Waals surface area contributed by atoms with Crippen LogP contribution in [0.5, 0.6) is 0 Å². The molecule has 5 heteroatoms. The van der Waals surface area contributed by atoms with Gasteiger partial charge in [0.15, 0.2) is 0 Å². The lowest BCUT2D eigenvalue weighted by molar-refractivity contribution is -0.141. The second kappa shape index (κ2) is 8.13. The van der Waals surface area contributed by atoms with Gasteiger partial charge in [0.1, 0.15) is 6.04 Å². The zero-order valence-electron chi connectivity index (χ0n) is 15.8. The first-order valence-corrected chi connectivity index (χ1v) is 8.85. The van der Waals surface area contributed by atoms with E-state index in [1.807, 2.05) is 30.5 Å². The third-order valence-electron chi connectivity index (χ3n) is 4.46. The summed E-state index contributed by atoms with van der Waals surface area (Å²) in [7, 11) is 1.75. The van der Waals surface area contributed by atoms with Gasteiger partial charge < -0.3 is 14.8 Å². The number of nitrogens with one attached hydrogen (secondary N) is 1. The number of hydrogen-bond donors (Lipinski definition) is 2. The zero-order valence-corrected chi connectivity index (χ0v) is 15.8. The van der Waals surface area contributed by atoms with Crippen LogP contribution in [0.15, 0.2) is 47.7 Å². The van der Waals surface area contributed by atoms with Crippen molar-refractivity contribution in [1.82, 2.24) is 10.4 Å². The molecule has 0 bridgehead atoms. The molecule has 2 rings (SSSR count). The van der Waals surface area contributed by atoms with Crippen molar-refractivity contribution in [2.24, 2.45) is 11.8 Å². The normalized spacial score (nSPS) is 25.9. The minimum atomic E-state index is -0.942. The summed E-state index contributed by atoms with van der Waals surface area (Å²) in [5, 5.41) is 10.4. The lowest BCUT2D eigenvalue weighted by Crippen LogP contribution is -2.54. The van der Waals surface area contributed by atoms with E-state index in [4.69, 9.17) is 4.84 Å². The first-order valence-electron chi connectivity index (χ1n) is 8.85. The standard InChI is InChI=1S/C20H30N2O3/c1-14(2)7-6-8-16(20(3,4)24)10-9-15-13-22(5)19(23)18-17(15)11-12-25-21-18/h6-10,13-14,17-18,21,24H,11-12H2,1-5H3/b7-6+,10-9+,16-8+. The number of rotatable bonds is 5. The SMILES string of the molecule is CC(C)/C=C/C=C(\C=C\C1=CN(C)C(=O)C2NOCCC12)C(C)(C)O. The zero-order chi connectivity index (χ0) is 18.6. The molecule has 2 aliphatic heterocycles. The van der Waals surface area contributed by atoms with Gasteiger partial charge in [-0.15, -0.1) is 0 Å². The van der Waals surface area contributed by atoms with E-state index in [-0.39, 0.29) is 17.9 Å². The van der Waals surface area contributed by atoms with Crippen LogP contribution >= 0.6 is 0 Å². The molecule has 2 heterocycles. The Morgan fingerprint density at radius 1 is 1.48 bits per heavy atom. The van der Waals surface area contributed by atoms with Crippen molar-refractivity contribution in [1.29, 1.82) is 0 Å². The number of aliphatic hydroxyl groups is 1. The summed E-state index contributed by atoms with van der Waals surface area (Å²) < 4.78 is 0. The van der Waals surface area contributed by atoms with E-state index in [9.17, 15) is 9.90 Å². The molecule has 2 atom stereocenters. The van der Waals surface area contributed by atoms with Crippen LogP contribution in [0.25, 0.3) is 0 Å². The fraction of sp³-hybridized carbons (Fsp3) is 0.550. The van der Waals surface area contributed by atoms with Crippen LogP contribution in [0, 0.1) is 11.8 Å². The third kappa shape index (κ3) is 5.14. The van der Waals surface area contributed by atoms with E-state index in [1.165, 1.54) is 0 Å². The smallest absolute Gasteiger partial charge is 0.246 e. The number of likely N-dealkylation sites (N-methyl/N-ethyl adjacent to an activating group) is 1. The van der Waals surface area contributed by atoms with Crippen LogP contribution in [0.2, 0.25) is 0 Å². The van der Waals surface area contributed by atoms with Crippen LogP contribution < -0.4 is 5.48 Å². The quantitative estimate of drug-likeness (QED) is 0.752. The highest BCUT2D eigenvalue weighted by atomic mass is 16.6. The van der Waals surface area contributed by atoms with E-state index in [0.717, 1.165) is 17.6 Å². The van der Waals surface area contributed by atoms with Crippen LogP contribution in [0.4, 0.5) is 0 Å². The van der Waals surface area contributed by atoms with E-state index in [2.05, 4.69) is 25.4 Å². The van der Waals surface area contributed by atoms with Gasteiger partial charge in [-0.2, -0.15) is 5.48 Å². The van der Waals surface area contributed by atoms with Crippen molar-refractivity contribution >= 4 is 5.91 Å². The van der Waals surface area contributed by atoms with Gasteiger partial charge in [0.25, 0.3) is 0 Å². The Kier molecular flexibility index (Phi) is 6.38. The van der Waals surface area contributed by atoms with E-state index in [0.29, 0.717) is 12.5 Å². The molecule has 0 saturated carbocycles. The van der Waals surface area contributed by atoms with Gasteiger partial charge in [-0.1, -0.05) is 44.2 Å². The van der Waals surface area contributed by atoms with Crippen molar-refractivity contribution in [3.05, 3.63) is 47.7 Å². The van der Waals surface area contributed by atoms with Crippen LogP contribution in [-0.4, -0.2) is 41.2 Å². The van der Waals surface area contributed by atoms with Crippen molar-refractivity contribution in [3.63, 3.8) is 0 Å².